The van der Waals surface area contributed by atoms with Crippen LogP contribution in [0.25, 0.3) is 10.2 Å². The van der Waals surface area contributed by atoms with Crippen LogP contribution in [-0.2, 0) is 6.42 Å². The molecular weight excluding hydrogens is 388 g/mol. The summed E-state index contributed by atoms with van der Waals surface area (Å²) >= 11 is 3.46. The smallest absolute Gasteiger partial charge is 0.183 e. The van der Waals surface area contributed by atoms with Crippen LogP contribution >= 0.6 is 23.1 Å². The topological polar surface area (TPSA) is 58.5 Å². The molecule has 0 aliphatic carbocycles. The van der Waals surface area contributed by atoms with E-state index in [-0.39, 0.29) is 0 Å². The molecule has 0 spiro atoms. The highest BCUT2D eigenvalue weighted by molar-refractivity contribution is 8.14. The van der Waals surface area contributed by atoms with Crippen molar-refractivity contribution in [2.45, 2.75) is 25.8 Å². The number of methoxy groups -OCH3 is 1. The summed E-state index contributed by atoms with van der Waals surface area (Å²) < 4.78 is 6.41. The number of aromatic nitrogens is 1. The fourth-order valence-electron chi connectivity index (χ4n) is 2.99. The summed E-state index contributed by atoms with van der Waals surface area (Å²) in [4.78, 5) is 9.31. The zero-order chi connectivity index (χ0) is 19.3. The minimum Gasteiger partial charge on any atom is -0.497 e. The lowest BCUT2D eigenvalue weighted by Gasteiger charge is -2.07. The monoisotopic (exact) mass is 412 g/mol. The second-order valence-electron chi connectivity index (χ2n) is 6.66. The Labute approximate surface area is 173 Å². The number of hydrogen-bond acceptors (Lipinski definition) is 7. The third-order valence-electron chi connectivity index (χ3n) is 4.67. The van der Waals surface area contributed by atoms with Crippen LogP contribution in [0.4, 0.5) is 10.8 Å². The van der Waals surface area contributed by atoms with Gasteiger partial charge in [-0.25, -0.2) is 4.98 Å². The molecule has 0 saturated carbocycles. The molecule has 2 heterocycles. The predicted octanol–water partition coefficient (Wildman–Crippen LogP) is 5.25. The predicted molar refractivity (Wildman–Crippen MR) is 122 cm³/mol. The van der Waals surface area contributed by atoms with Gasteiger partial charge in [0.2, 0.25) is 0 Å². The first-order chi connectivity index (χ1) is 13.7. The molecule has 1 atom stereocenters. The van der Waals surface area contributed by atoms with E-state index in [0.29, 0.717) is 6.04 Å². The summed E-state index contributed by atoms with van der Waals surface area (Å²) in [5.41, 5.74) is 3.40. The van der Waals surface area contributed by atoms with Crippen molar-refractivity contribution >= 4 is 49.3 Å². The van der Waals surface area contributed by atoms with E-state index in [1.54, 1.807) is 30.2 Å². The number of amidine groups is 1. The maximum Gasteiger partial charge on any atom is 0.183 e. The van der Waals surface area contributed by atoms with Gasteiger partial charge in [-0.2, -0.15) is 0 Å². The second-order valence-corrected chi connectivity index (χ2v) is 8.70. The molecule has 1 aliphatic heterocycles. The van der Waals surface area contributed by atoms with Crippen molar-refractivity contribution in [1.82, 2.24) is 4.98 Å². The summed E-state index contributed by atoms with van der Waals surface area (Å²) in [6.07, 6.45) is 2.06. The standard InChI is InChI=1S/C21H24N4OS2/c1-3-15-13-27-21(23-15)24-16-6-4-14(5-7-16)10-11-22-20-25-18-9-8-17(26-2)12-19(18)28-20/h4-9,12,15H,3,10-11,13H2,1-2H3,(H,22,25)(H,23,24)/t15-/m1/s1. The highest BCUT2D eigenvalue weighted by atomic mass is 32.2. The van der Waals surface area contributed by atoms with Gasteiger partial charge in [0.1, 0.15) is 5.75 Å². The van der Waals surface area contributed by atoms with Gasteiger partial charge in [0.05, 0.1) is 23.4 Å². The number of thioether (sulfide) groups is 1. The number of nitrogens with zero attached hydrogens (tertiary/aromatic N) is 2. The Balaban J connectivity index is 1.29. The number of benzene rings is 2. The molecule has 4 rings (SSSR count). The minimum absolute atomic E-state index is 0.460. The molecular formula is C21H24N4OS2. The summed E-state index contributed by atoms with van der Waals surface area (Å²) in [6.45, 7) is 3.04. The molecule has 0 radical (unpaired) electrons. The highest BCUT2D eigenvalue weighted by Gasteiger charge is 2.16. The highest BCUT2D eigenvalue weighted by Crippen LogP contribution is 2.29. The lowest BCUT2D eigenvalue weighted by Crippen LogP contribution is -2.06. The molecule has 0 saturated heterocycles. The van der Waals surface area contributed by atoms with E-state index in [4.69, 9.17) is 4.74 Å². The molecule has 0 unspecified atom stereocenters. The van der Waals surface area contributed by atoms with E-state index in [1.807, 2.05) is 18.2 Å². The van der Waals surface area contributed by atoms with E-state index in [9.17, 15) is 0 Å². The normalized spacial score (nSPS) is 16.2. The van der Waals surface area contributed by atoms with Crippen molar-refractivity contribution in [3.05, 3.63) is 48.0 Å². The van der Waals surface area contributed by atoms with Gasteiger partial charge in [-0.1, -0.05) is 42.2 Å². The molecule has 28 heavy (non-hydrogen) atoms. The fraction of sp³-hybridized carbons (Fsp3) is 0.333. The summed E-state index contributed by atoms with van der Waals surface area (Å²) in [6, 6.07) is 15.0. The quantitative estimate of drug-likeness (QED) is 0.555. The molecule has 1 aliphatic rings. The zero-order valence-corrected chi connectivity index (χ0v) is 17.7. The minimum atomic E-state index is 0.460. The first kappa shape index (κ1) is 19.1. The molecule has 0 amide bonds. The van der Waals surface area contributed by atoms with Crippen molar-refractivity contribution in [2.75, 3.05) is 30.0 Å². The van der Waals surface area contributed by atoms with E-state index in [1.165, 1.54) is 5.56 Å². The summed E-state index contributed by atoms with van der Waals surface area (Å²) in [7, 11) is 1.68. The van der Waals surface area contributed by atoms with Crippen LogP contribution in [0.1, 0.15) is 18.9 Å². The molecule has 2 N–H and O–H groups in total. The first-order valence-corrected chi connectivity index (χ1v) is 11.3. The number of anilines is 2. The third-order valence-corrected chi connectivity index (χ3v) is 6.68. The van der Waals surface area contributed by atoms with Crippen LogP contribution in [-0.4, -0.2) is 35.6 Å². The number of rotatable bonds is 7. The molecule has 7 heteroatoms. The Morgan fingerprint density at radius 1 is 1.18 bits per heavy atom. The Morgan fingerprint density at radius 2 is 2.04 bits per heavy atom. The summed E-state index contributed by atoms with van der Waals surface area (Å²) in [5.74, 6) is 1.95. The van der Waals surface area contributed by atoms with Crippen LogP contribution < -0.4 is 15.4 Å². The average Bonchev–Trinajstić information content (AvgIpc) is 3.34. The van der Waals surface area contributed by atoms with E-state index in [0.717, 1.165) is 57.1 Å². The number of fused-ring (bicyclic) bond motifs is 1. The van der Waals surface area contributed by atoms with Gasteiger partial charge in [0.15, 0.2) is 10.3 Å². The maximum absolute atomic E-state index is 5.28. The Kier molecular flexibility index (Phi) is 6.02. The van der Waals surface area contributed by atoms with Crippen molar-refractivity contribution in [3.63, 3.8) is 0 Å². The second kappa shape index (κ2) is 8.84. The molecule has 3 aromatic rings. The molecule has 0 bridgehead atoms. The Bertz CT molecular complexity index is 968. The van der Waals surface area contributed by atoms with Crippen LogP contribution in [0, 0.1) is 0 Å². The molecule has 0 fully saturated rings. The summed E-state index contributed by atoms with van der Waals surface area (Å²) in [5, 5.41) is 8.83. The molecule has 146 valence electrons. The van der Waals surface area contributed by atoms with Crippen molar-refractivity contribution in [3.8, 4) is 5.75 Å². The van der Waals surface area contributed by atoms with E-state index >= 15 is 0 Å². The molecule has 2 aromatic carbocycles. The van der Waals surface area contributed by atoms with Gasteiger partial charge in [0, 0.05) is 18.0 Å². The lowest BCUT2D eigenvalue weighted by molar-refractivity contribution is 0.415. The van der Waals surface area contributed by atoms with Crippen molar-refractivity contribution < 1.29 is 4.74 Å². The van der Waals surface area contributed by atoms with Gasteiger partial charge in [-0.05, 0) is 48.7 Å². The van der Waals surface area contributed by atoms with Gasteiger partial charge >= 0.3 is 0 Å². The Hall–Kier alpha value is -2.25. The van der Waals surface area contributed by atoms with Crippen LogP contribution in [0.15, 0.2) is 47.5 Å². The Morgan fingerprint density at radius 3 is 2.79 bits per heavy atom. The van der Waals surface area contributed by atoms with Crippen molar-refractivity contribution in [1.29, 1.82) is 0 Å². The van der Waals surface area contributed by atoms with Gasteiger partial charge < -0.3 is 15.4 Å². The molecule has 1 aromatic heterocycles. The number of ether oxygens (including phenoxy) is 1. The van der Waals surface area contributed by atoms with Crippen LogP contribution in [0.5, 0.6) is 5.75 Å². The largest absolute Gasteiger partial charge is 0.497 e. The number of nitrogens with one attached hydrogen (secondary N) is 2. The van der Waals surface area contributed by atoms with Gasteiger partial charge in [-0.15, -0.1) is 0 Å². The van der Waals surface area contributed by atoms with Gasteiger partial charge in [0.25, 0.3) is 0 Å². The van der Waals surface area contributed by atoms with Crippen molar-refractivity contribution in [2.24, 2.45) is 4.99 Å². The van der Waals surface area contributed by atoms with Crippen LogP contribution in [0.3, 0.4) is 0 Å². The van der Waals surface area contributed by atoms with Crippen LogP contribution in [0.2, 0.25) is 0 Å². The third kappa shape index (κ3) is 4.59. The molecule has 5 nitrogen and oxygen atoms in total. The maximum atomic E-state index is 5.28. The van der Waals surface area contributed by atoms with E-state index in [2.05, 4.69) is 51.8 Å². The number of aliphatic imine (C=N–C) groups is 1. The zero-order valence-electron chi connectivity index (χ0n) is 16.1. The fourth-order valence-corrected chi connectivity index (χ4v) is 4.99. The lowest BCUT2D eigenvalue weighted by atomic mass is 10.1. The SMILES string of the molecule is CC[C@@H]1CSC(Nc2ccc(CCNc3nc4ccc(OC)cc4s3)cc2)=N1. The van der Waals surface area contributed by atoms with E-state index < -0.39 is 0 Å². The first-order valence-electron chi connectivity index (χ1n) is 9.48. The number of hydrogen-bond donors (Lipinski definition) is 2. The number of thiazole rings is 1. The average molecular weight is 413 g/mol. The van der Waals surface area contributed by atoms with Gasteiger partial charge in [-0.3, -0.25) is 4.99 Å².